The van der Waals surface area contributed by atoms with E-state index in [0.717, 1.165) is 13.0 Å². The number of hydrogen-bond acceptors (Lipinski definition) is 3. The number of amidine groups is 1. The number of unbranched alkanes of at least 4 members (excludes halogenated alkanes) is 2. The van der Waals surface area contributed by atoms with Crippen LogP contribution in [0.3, 0.4) is 0 Å². The molecule has 0 atom stereocenters. The van der Waals surface area contributed by atoms with E-state index in [1.165, 1.54) is 18.9 Å². The molecular formula is C16H26FN3O. The lowest BCUT2D eigenvalue weighted by Crippen LogP contribution is -2.31. The third kappa shape index (κ3) is 5.34. The van der Waals surface area contributed by atoms with Crippen molar-refractivity contribution in [3.05, 3.63) is 35.1 Å². The Morgan fingerprint density at radius 2 is 2.10 bits per heavy atom. The SMILES string of the molecule is CCCCCN(Cc1ccc(C(N)=NO)cc1F)C(C)C. The van der Waals surface area contributed by atoms with Crippen LogP contribution in [-0.2, 0) is 6.54 Å². The van der Waals surface area contributed by atoms with Crippen molar-refractivity contribution >= 4 is 5.84 Å². The third-order valence-corrected chi connectivity index (χ3v) is 3.61. The van der Waals surface area contributed by atoms with Crippen LogP contribution in [0.15, 0.2) is 23.4 Å². The second kappa shape index (κ2) is 8.62. The molecule has 21 heavy (non-hydrogen) atoms. The maximum atomic E-state index is 14.1. The van der Waals surface area contributed by atoms with Gasteiger partial charge in [0.05, 0.1) is 0 Å². The number of nitrogens with zero attached hydrogens (tertiary/aromatic N) is 2. The number of oxime groups is 1. The van der Waals surface area contributed by atoms with Gasteiger partial charge in [-0.2, -0.15) is 0 Å². The summed E-state index contributed by atoms with van der Waals surface area (Å²) < 4.78 is 14.1. The van der Waals surface area contributed by atoms with E-state index < -0.39 is 0 Å². The van der Waals surface area contributed by atoms with Gasteiger partial charge in [-0.15, -0.1) is 0 Å². The molecule has 0 saturated carbocycles. The Morgan fingerprint density at radius 3 is 2.62 bits per heavy atom. The Hall–Kier alpha value is -1.62. The van der Waals surface area contributed by atoms with Crippen LogP contribution in [0.2, 0.25) is 0 Å². The molecule has 0 heterocycles. The van der Waals surface area contributed by atoms with Gasteiger partial charge in [-0.3, -0.25) is 4.90 Å². The third-order valence-electron chi connectivity index (χ3n) is 3.61. The number of benzene rings is 1. The number of rotatable bonds is 8. The highest BCUT2D eigenvalue weighted by molar-refractivity contribution is 5.97. The monoisotopic (exact) mass is 295 g/mol. The van der Waals surface area contributed by atoms with Crippen LogP contribution in [0.1, 0.15) is 51.2 Å². The Balaban J connectivity index is 2.79. The molecule has 0 aliphatic carbocycles. The summed E-state index contributed by atoms with van der Waals surface area (Å²) in [6, 6.07) is 5.07. The van der Waals surface area contributed by atoms with Gasteiger partial charge in [-0.05, 0) is 32.9 Å². The van der Waals surface area contributed by atoms with Crippen LogP contribution in [0.5, 0.6) is 0 Å². The van der Waals surface area contributed by atoms with E-state index >= 15 is 0 Å². The van der Waals surface area contributed by atoms with Crippen molar-refractivity contribution < 1.29 is 9.60 Å². The number of halogens is 1. The molecular weight excluding hydrogens is 269 g/mol. The second-order valence-electron chi connectivity index (χ2n) is 5.56. The van der Waals surface area contributed by atoms with E-state index in [1.54, 1.807) is 12.1 Å². The van der Waals surface area contributed by atoms with Crippen molar-refractivity contribution in [3.8, 4) is 0 Å². The highest BCUT2D eigenvalue weighted by Crippen LogP contribution is 2.15. The Morgan fingerprint density at radius 1 is 1.38 bits per heavy atom. The van der Waals surface area contributed by atoms with E-state index in [0.29, 0.717) is 23.7 Å². The van der Waals surface area contributed by atoms with Crippen LogP contribution >= 0.6 is 0 Å². The van der Waals surface area contributed by atoms with Crippen LogP contribution < -0.4 is 5.73 Å². The Bertz CT molecular complexity index is 475. The van der Waals surface area contributed by atoms with Gasteiger partial charge in [-0.1, -0.05) is 37.1 Å². The smallest absolute Gasteiger partial charge is 0.170 e. The topological polar surface area (TPSA) is 61.8 Å². The van der Waals surface area contributed by atoms with Crippen molar-refractivity contribution in [2.75, 3.05) is 6.54 Å². The summed E-state index contributed by atoms with van der Waals surface area (Å²) in [5, 5.41) is 11.5. The fourth-order valence-electron chi connectivity index (χ4n) is 2.20. The molecule has 0 aromatic heterocycles. The maximum Gasteiger partial charge on any atom is 0.170 e. The molecule has 1 rings (SSSR count). The van der Waals surface area contributed by atoms with Crippen molar-refractivity contribution in [3.63, 3.8) is 0 Å². The van der Waals surface area contributed by atoms with E-state index in [-0.39, 0.29) is 11.7 Å². The van der Waals surface area contributed by atoms with E-state index in [4.69, 9.17) is 10.9 Å². The van der Waals surface area contributed by atoms with Gasteiger partial charge < -0.3 is 10.9 Å². The van der Waals surface area contributed by atoms with Gasteiger partial charge in [0.1, 0.15) is 5.82 Å². The molecule has 0 bridgehead atoms. The zero-order chi connectivity index (χ0) is 15.8. The first kappa shape index (κ1) is 17.4. The molecule has 5 heteroatoms. The summed E-state index contributed by atoms with van der Waals surface area (Å²) in [6.45, 7) is 7.95. The Labute approximate surface area is 126 Å². The minimum Gasteiger partial charge on any atom is -0.409 e. The molecule has 118 valence electrons. The second-order valence-corrected chi connectivity index (χ2v) is 5.56. The molecule has 0 saturated heterocycles. The molecule has 0 unspecified atom stereocenters. The molecule has 0 radical (unpaired) electrons. The molecule has 0 spiro atoms. The first-order valence-electron chi connectivity index (χ1n) is 7.50. The molecule has 1 aromatic rings. The van der Waals surface area contributed by atoms with Crippen LogP contribution in [0, 0.1) is 5.82 Å². The molecule has 0 amide bonds. The average molecular weight is 295 g/mol. The fourth-order valence-corrected chi connectivity index (χ4v) is 2.20. The first-order valence-corrected chi connectivity index (χ1v) is 7.50. The molecule has 4 nitrogen and oxygen atoms in total. The van der Waals surface area contributed by atoms with Crippen molar-refractivity contribution in [1.82, 2.24) is 4.90 Å². The lowest BCUT2D eigenvalue weighted by atomic mass is 10.1. The molecule has 3 N–H and O–H groups in total. The molecule has 0 aliphatic heterocycles. The molecule has 0 fully saturated rings. The number of nitrogens with two attached hydrogens (primary N) is 1. The predicted octanol–water partition coefficient (Wildman–Crippen LogP) is 3.32. The van der Waals surface area contributed by atoms with Gasteiger partial charge in [0.25, 0.3) is 0 Å². The lowest BCUT2D eigenvalue weighted by Gasteiger charge is -2.26. The highest BCUT2D eigenvalue weighted by Gasteiger charge is 2.13. The summed E-state index contributed by atoms with van der Waals surface area (Å²) in [4.78, 5) is 2.26. The highest BCUT2D eigenvalue weighted by atomic mass is 19.1. The van der Waals surface area contributed by atoms with E-state index in [2.05, 4.69) is 30.8 Å². The summed E-state index contributed by atoms with van der Waals surface area (Å²) in [7, 11) is 0. The van der Waals surface area contributed by atoms with E-state index in [1.807, 2.05) is 0 Å². The first-order chi connectivity index (χ1) is 9.99. The van der Waals surface area contributed by atoms with Crippen molar-refractivity contribution in [2.24, 2.45) is 10.9 Å². The zero-order valence-corrected chi connectivity index (χ0v) is 13.1. The average Bonchev–Trinajstić information content (AvgIpc) is 2.46. The molecule has 0 aliphatic rings. The van der Waals surface area contributed by atoms with Gasteiger partial charge in [0.2, 0.25) is 0 Å². The summed E-state index contributed by atoms with van der Waals surface area (Å²) in [6.07, 6.45) is 3.49. The van der Waals surface area contributed by atoms with Crippen LogP contribution in [-0.4, -0.2) is 28.5 Å². The lowest BCUT2D eigenvalue weighted by molar-refractivity contribution is 0.206. The predicted molar refractivity (Wildman–Crippen MR) is 84.0 cm³/mol. The molecule has 1 aromatic carbocycles. The summed E-state index contributed by atoms with van der Waals surface area (Å²) in [5.41, 5.74) is 6.49. The fraction of sp³-hybridized carbons (Fsp3) is 0.562. The van der Waals surface area contributed by atoms with Gasteiger partial charge in [0.15, 0.2) is 5.84 Å². The summed E-state index contributed by atoms with van der Waals surface area (Å²) >= 11 is 0. The Kier molecular flexibility index (Phi) is 7.15. The van der Waals surface area contributed by atoms with Gasteiger partial charge in [-0.25, -0.2) is 4.39 Å². The normalized spacial score (nSPS) is 12.4. The number of hydrogen-bond donors (Lipinski definition) is 2. The van der Waals surface area contributed by atoms with Crippen LogP contribution in [0.25, 0.3) is 0 Å². The largest absolute Gasteiger partial charge is 0.409 e. The van der Waals surface area contributed by atoms with Gasteiger partial charge in [0, 0.05) is 23.7 Å². The standard InChI is InChI=1S/C16H26FN3O/c1-4-5-6-9-20(12(2)3)11-14-8-7-13(10-15(14)17)16(18)19-21/h7-8,10,12,21H,4-6,9,11H2,1-3H3,(H2,18,19). The van der Waals surface area contributed by atoms with E-state index in [9.17, 15) is 4.39 Å². The van der Waals surface area contributed by atoms with Crippen molar-refractivity contribution in [2.45, 2.75) is 52.6 Å². The van der Waals surface area contributed by atoms with Gasteiger partial charge >= 0.3 is 0 Å². The zero-order valence-electron chi connectivity index (χ0n) is 13.1. The van der Waals surface area contributed by atoms with Crippen molar-refractivity contribution in [1.29, 1.82) is 0 Å². The minimum atomic E-state index is -0.319. The quantitative estimate of drug-likeness (QED) is 0.254. The minimum absolute atomic E-state index is 0.0795. The summed E-state index contributed by atoms with van der Waals surface area (Å²) in [5.74, 6) is -0.399. The maximum absolute atomic E-state index is 14.1. The van der Waals surface area contributed by atoms with Crippen LogP contribution in [0.4, 0.5) is 4.39 Å².